The summed E-state index contributed by atoms with van der Waals surface area (Å²) in [5.74, 6) is 0. The van der Waals surface area contributed by atoms with Gasteiger partial charge in [0.15, 0.2) is 0 Å². The topological polar surface area (TPSA) is 24.1 Å². The fraction of sp³-hybridized carbons (Fsp3) is 1.00. The molecule has 0 rings (SSSR count). The minimum absolute atomic E-state index is 0.120. The third-order valence-corrected chi connectivity index (χ3v) is 1.75. The Morgan fingerprint density at radius 2 is 1.14 bits per heavy atom. The van der Waals surface area contributed by atoms with E-state index in [1.54, 1.807) is 0 Å². The van der Waals surface area contributed by atoms with Crippen molar-refractivity contribution >= 4 is 0 Å². The maximum absolute atomic E-state index is 3.41. The number of hydrazine groups is 1. The normalized spacial score (nSPS) is 14.6. The number of hydrogen-bond acceptors (Lipinski definition) is 2. The molecule has 0 unspecified atom stereocenters. The van der Waals surface area contributed by atoms with Crippen LogP contribution in [0.2, 0.25) is 0 Å². The number of rotatable bonds is 3. The molecule has 2 nitrogen and oxygen atoms in total. The molecule has 0 aromatic heterocycles. The van der Waals surface area contributed by atoms with Gasteiger partial charge in [-0.1, -0.05) is 20.8 Å². The average molecular weight is 200 g/mol. The largest absolute Gasteiger partial charge is 0.252 e. The van der Waals surface area contributed by atoms with Gasteiger partial charge in [0.05, 0.1) is 0 Å². The van der Waals surface area contributed by atoms with Crippen molar-refractivity contribution in [1.82, 2.24) is 10.9 Å². The summed E-state index contributed by atoms with van der Waals surface area (Å²) < 4.78 is 0. The first-order valence-electron chi connectivity index (χ1n) is 5.46. The highest BCUT2D eigenvalue weighted by atomic mass is 15.4. The smallest absolute Gasteiger partial charge is 0.0272 e. The van der Waals surface area contributed by atoms with Gasteiger partial charge in [-0.2, -0.15) is 0 Å². The lowest BCUT2D eigenvalue weighted by molar-refractivity contribution is 0.191. The summed E-state index contributed by atoms with van der Waals surface area (Å²) in [6, 6.07) is 0. The maximum atomic E-state index is 3.41. The van der Waals surface area contributed by atoms with Gasteiger partial charge >= 0.3 is 0 Å². The van der Waals surface area contributed by atoms with E-state index in [2.05, 4.69) is 66.2 Å². The highest BCUT2D eigenvalue weighted by molar-refractivity contribution is 4.83. The van der Waals surface area contributed by atoms with Gasteiger partial charge in [0.1, 0.15) is 0 Å². The van der Waals surface area contributed by atoms with Crippen LogP contribution in [0.5, 0.6) is 0 Å². The van der Waals surface area contributed by atoms with Crippen molar-refractivity contribution in [1.29, 1.82) is 0 Å². The molecule has 0 aliphatic rings. The van der Waals surface area contributed by atoms with Gasteiger partial charge in [-0.05, 0) is 46.5 Å². The number of nitrogens with one attached hydrogen (secondary N) is 2. The van der Waals surface area contributed by atoms with Crippen molar-refractivity contribution in [2.75, 3.05) is 0 Å². The van der Waals surface area contributed by atoms with E-state index in [1.165, 1.54) is 0 Å². The fourth-order valence-electron chi connectivity index (χ4n) is 1.73. The molecule has 0 aromatic carbocycles. The summed E-state index contributed by atoms with van der Waals surface area (Å²) in [5, 5.41) is 0. The van der Waals surface area contributed by atoms with E-state index in [4.69, 9.17) is 0 Å². The molecular weight excluding hydrogens is 172 g/mol. The lowest BCUT2D eigenvalue weighted by Crippen LogP contribution is -2.56. The van der Waals surface area contributed by atoms with Gasteiger partial charge in [0, 0.05) is 11.1 Å². The first kappa shape index (κ1) is 13.9. The summed E-state index contributed by atoms with van der Waals surface area (Å²) in [4.78, 5) is 0. The molecule has 0 amide bonds. The van der Waals surface area contributed by atoms with E-state index in [0.717, 1.165) is 6.42 Å². The van der Waals surface area contributed by atoms with Crippen LogP contribution < -0.4 is 10.9 Å². The standard InChI is InChI=1S/C12H28N2/c1-10(2,3)9-12(7,8)14-13-11(4,5)6/h13-14H,9H2,1-8H3. The summed E-state index contributed by atoms with van der Waals surface area (Å²) in [6.07, 6.45) is 1.14. The SMILES string of the molecule is CC(C)(C)CC(C)(C)NNC(C)(C)C. The molecule has 0 bridgehead atoms. The van der Waals surface area contributed by atoms with E-state index in [-0.39, 0.29) is 11.1 Å². The summed E-state index contributed by atoms with van der Waals surface area (Å²) in [5.41, 5.74) is 7.35. The van der Waals surface area contributed by atoms with Crippen molar-refractivity contribution in [2.24, 2.45) is 5.41 Å². The van der Waals surface area contributed by atoms with Crippen LogP contribution in [0, 0.1) is 5.41 Å². The van der Waals surface area contributed by atoms with Gasteiger partial charge in [-0.25, -0.2) is 0 Å². The Bertz CT molecular complexity index is 170. The van der Waals surface area contributed by atoms with Crippen LogP contribution in [-0.2, 0) is 0 Å². The molecule has 0 saturated heterocycles. The zero-order chi connectivity index (χ0) is 11.6. The molecule has 0 aliphatic heterocycles. The zero-order valence-corrected chi connectivity index (χ0v) is 11.2. The molecular formula is C12H28N2. The Morgan fingerprint density at radius 1 is 0.714 bits per heavy atom. The molecule has 0 radical (unpaired) electrons. The summed E-state index contributed by atoms with van der Waals surface area (Å²) in [7, 11) is 0. The quantitative estimate of drug-likeness (QED) is 0.684. The van der Waals surface area contributed by atoms with Crippen LogP contribution in [0.4, 0.5) is 0 Å². The predicted molar refractivity (Wildman–Crippen MR) is 64.2 cm³/mol. The Balaban J connectivity index is 4.09. The minimum atomic E-state index is 0.120. The van der Waals surface area contributed by atoms with E-state index in [1.807, 2.05) is 0 Å². The molecule has 0 saturated carbocycles. The van der Waals surface area contributed by atoms with E-state index >= 15 is 0 Å². The molecule has 14 heavy (non-hydrogen) atoms. The van der Waals surface area contributed by atoms with Gasteiger partial charge in [-0.3, -0.25) is 10.9 Å². The van der Waals surface area contributed by atoms with Crippen LogP contribution in [0.1, 0.15) is 61.8 Å². The second-order valence-corrected chi connectivity index (χ2v) is 7.12. The van der Waals surface area contributed by atoms with E-state index in [9.17, 15) is 0 Å². The molecule has 2 heteroatoms. The van der Waals surface area contributed by atoms with E-state index in [0.29, 0.717) is 5.41 Å². The average Bonchev–Trinajstić information content (AvgIpc) is 1.76. The molecule has 0 heterocycles. The fourth-order valence-corrected chi connectivity index (χ4v) is 1.73. The third kappa shape index (κ3) is 8.52. The highest BCUT2D eigenvalue weighted by Crippen LogP contribution is 2.26. The van der Waals surface area contributed by atoms with Gasteiger partial charge in [-0.15, -0.1) is 0 Å². The molecule has 0 spiro atoms. The summed E-state index contributed by atoms with van der Waals surface area (Å²) >= 11 is 0. The molecule has 0 fully saturated rings. The second kappa shape index (κ2) is 4.19. The number of hydrogen-bond donors (Lipinski definition) is 2. The van der Waals surface area contributed by atoms with Gasteiger partial charge < -0.3 is 0 Å². The Hall–Kier alpha value is -0.0800. The zero-order valence-electron chi connectivity index (χ0n) is 11.2. The second-order valence-electron chi connectivity index (χ2n) is 7.12. The van der Waals surface area contributed by atoms with Crippen molar-refractivity contribution in [2.45, 2.75) is 72.9 Å². The monoisotopic (exact) mass is 200 g/mol. The Kier molecular flexibility index (Phi) is 4.17. The van der Waals surface area contributed by atoms with E-state index < -0.39 is 0 Å². The van der Waals surface area contributed by atoms with Gasteiger partial charge in [0.2, 0.25) is 0 Å². The highest BCUT2D eigenvalue weighted by Gasteiger charge is 2.26. The lowest BCUT2D eigenvalue weighted by atomic mass is 9.82. The molecule has 0 atom stereocenters. The third-order valence-electron chi connectivity index (χ3n) is 1.75. The molecule has 0 aliphatic carbocycles. The maximum Gasteiger partial charge on any atom is 0.0272 e. The first-order chi connectivity index (χ1) is 5.91. The van der Waals surface area contributed by atoms with Crippen LogP contribution in [0.15, 0.2) is 0 Å². The molecule has 86 valence electrons. The van der Waals surface area contributed by atoms with Crippen molar-refractivity contribution in [3.05, 3.63) is 0 Å². The Morgan fingerprint density at radius 3 is 1.43 bits per heavy atom. The van der Waals surface area contributed by atoms with Crippen LogP contribution in [0.3, 0.4) is 0 Å². The lowest BCUT2D eigenvalue weighted by Gasteiger charge is -2.36. The molecule has 0 aromatic rings. The molecule has 2 N–H and O–H groups in total. The van der Waals surface area contributed by atoms with Gasteiger partial charge in [0.25, 0.3) is 0 Å². The first-order valence-corrected chi connectivity index (χ1v) is 5.46. The predicted octanol–water partition coefficient (Wildman–Crippen LogP) is 3.09. The van der Waals surface area contributed by atoms with Crippen molar-refractivity contribution in [3.63, 3.8) is 0 Å². The van der Waals surface area contributed by atoms with Crippen molar-refractivity contribution < 1.29 is 0 Å². The summed E-state index contributed by atoms with van der Waals surface area (Å²) in [6.45, 7) is 17.8. The minimum Gasteiger partial charge on any atom is -0.252 e. The van der Waals surface area contributed by atoms with Crippen LogP contribution in [0.25, 0.3) is 0 Å². The van der Waals surface area contributed by atoms with Crippen LogP contribution in [-0.4, -0.2) is 11.1 Å². The Labute approximate surface area is 89.8 Å². The van der Waals surface area contributed by atoms with Crippen LogP contribution >= 0.6 is 0 Å². The van der Waals surface area contributed by atoms with Crippen molar-refractivity contribution in [3.8, 4) is 0 Å².